The molecule has 0 bridgehead atoms. The Bertz CT molecular complexity index is 390. The number of nitrogens with one attached hydrogen (secondary N) is 1. The third kappa shape index (κ3) is 3.86. The fourth-order valence-corrected chi connectivity index (χ4v) is 1.92. The third-order valence-electron chi connectivity index (χ3n) is 2.91. The van der Waals surface area contributed by atoms with E-state index in [-0.39, 0.29) is 6.04 Å². The number of aryl methyl sites for hydroxylation is 1. The summed E-state index contributed by atoms with van der Waals surface area (Å²) in [6.07, 6.45) is 3.76. The maximum Gasteiger partial charge on any atom is 0.105 e. The van der Waals surface area contributed by atoms with Gasteiger partial charge < -0.3 is 0 Å². The van der Waals surface area contributed by atoms with Crippen molar-refractivity contribution in [1.82, 2.24) is 15.1 Å². The molecule has 2 unspecified atom stereocenters. The van der Waals surface area contributed by atoms with E-state index in [9.17, 15) is 5.26 Å². The molecule has 1 aromatic rings. The molecule has 1 aromatic heterocycles. The summed E-state index contributed by atoms with van der Waals surface area (Å²) in [5, 5.41) is 17.0. The van der Waals surface area contributed by atoms with E-state index < -0.39 is 5.54 Å². The highest BCUT2D eigenvalue weighted by Crippen LogP contribution is 2.20. The molecule has 1 heterocycles. The van der Waals surface area contributed by atoms with Gasteiger partial charge in [-0.25, -0.2) is 0 Å². The predicted octanol–water partition coefficient (Wildman–Crippen LogP) is 2.42. The number of aromatic nitrogens is 2. The first-order valence-corrected chi connectivity index (χ1v) is 6.19. The largest absolute Gasteiger partial charge is 0.300 e. The van der Waals surface area contributed by atoms with Crippen LogP contribution in [0.4, 0.5) is 0 Å². The van der Waals surface area contributed by atoms with Crippen LogP contribution in [0.2, 0.25) is 0 Å². The van der Waals surface area contributed by atoms with Crippen LogP contribution in [0.5, 0.6) is 0 Å². The molecule has 0 spiro atoms. The standard InChI is InChI=1S/C13H22N4/c1-5-7-15-13(4,10-14)9-12(3)17-8-6-11(2)16-17/h6,8,12,15H,5,7,9H2,1-4H3. The quantitative estimate of drug-likeness (QED) is 0.822. The van der Waals surface area contributed by atoms with Crippen molar-refractivity contribution < 1.29 is 0 Å². The van der Waals surface area contributed by atoms with Crippen LogP contribution in [0.15, 0.2) is 12.3 Å². The Labute approximate surface area is 104 Å². The van der Waals surface area contributed by atoms with E-state index in [0.29, 0.717) is 0 Å². The number of hydrogen-bond donors (Lipinski definition) is 1. The summed E-state index contributed by atoms with van der Waals surface area (Å²) in [5.41, 5.74) is 0.534. The van der Waals surface area contributed by atoms with E-state index in [1.165, 1.54) is 0 Å². The lowest BCUT2D eigenvalue weighted by Gasteiger charge is -2.26. The van der Waals surface area contributed by atoms with Gasteiger partial charge in [-0.15, -0.1) is 0 Å². The smallest absolute Gasteiger partial charge is 0.105 e. The molecule has 4 heteroatoms. The van der Waals surface area contributed by atoms with Crippen LogP contribution >= 0.6 is 0 Å². The molecule has 0 aromatic carbocycles. The van der Waals surface area contributed by atoms with Crippen LogP contribution in [0.3, 0.4) is 0 Å². The summed E-state index contributed by atoms with van der Waals surface area (Å²) in [4.78, 5) is 0. The molecule has 17 heavy (non-hydrogen) atoms. The van der Waals surface area contributed by atoms with E-state index >= 15 is 0 Å². The fourth-order valence-electron chi connectivity index (χ4n) is 1.92. The first-order chi connectivity index (χ1) is 8.00. The van der Waals surface area contributed by atoms with Gasteiger partial charge in [0.25, 0.3) is 0 Å². The average molecular weight is 234 g/mol. The summed E-state index contributed by atoms with van der Waals surface area (Å²) in [5.74, 6) is 0. The number of nitrogens with zero attached hydrogens (tertiary/aromatic N) is 3. The van der Waals surface area contributed by atoms with Gasteiger partial charge in [0.1, 0.15) is 5.54 Å². The Kier molecular flexibility index (Phi) is 4.71. The lowest BCUT2D eigenvalue weighted by atomic mass is 9.95. The van der Waals surface area contributed by atoms with Gasteiger partial charge in [-0.05, 0) is 39.8 Å². The van der Waals surface area contributed by atoms with E-state index in [1.54, 1.807) is 0 Å². The molecular formula is C13H22N4. The molecule has 1 N–H and O–H groups in total. The van der Waals surface area contributed by atoms with Crippen molar-refractivity contribution in [3.8, 4) is 6.07 Å². The Balaban J connectivity index is 2.65. The van der Waals surface area contributed by atoms with Crippen molar-refractivity contribution in [1.29, 1.82) is 5.26 Å². The molecule has 4 nitrogen and oxygen atoms in total. The Morgan fingerprint density at radius 3 is 2.82 bits per heavy atom. The lowest BCUT2D eigenvalue weighted by molar-refractivity contribution is 0.332. The van der Waals surface area contributed by atoms with Crippen LogP contribution in [-0.2, 0) is 0 Å². The molecule has 0 aliphatic carbocycles. The first-order valence-electron chi connectivity index (χ1n) is 6.19. The minimum absolute atomic E-state index is 0.220. The number of rotatable bonds is 6. The summed E-state index contributed by atoms with van der Waals surface area (Å²) >= 11 is 0. The van der Waals surface area contributed by atoms with E-state index in [4.69, 9.17) is 0 Å². The Morgan fingerprint density at radius 2 is 2.35 bits per heavy atom. The summed E-state index contributed by atoms with van der Waals surface area (Å²) in [7, 11) is 0. The third-order valence-corrected chi connectivity index (χ3v) is 2.91. The van der Waals surface area contributed by atoms with Crippen molar-refractivity contribution in [2.75, 3.05) is 6.54 Å². The van der Waals surface area contributed by atoms with Gasteiger partial charge in [0.05, 0.1) is 17.8 Å². The first kappa shape index (κ1) is 13.7. The minimum atomic E-state index is -0.477. The van der Waals surface area contributed by atoms with E-state index in [0.717, 1.165) is 25.1 Å². The van der Waals surface area contributed by atoms with Crippen LogP contribution in [0, 0.1) is 18.3 Å². The highest BCUT2D eigenvalue weighted by Gasteiger charge is 2.26. The van der Waals surface area contributed by atoms with Gasteiger partial charge in [-0.1, -0.05) is 6.92 Å². The lowest BCUT2D eigenvalue weighted by Crippen LogP contribution is -2.43. The van der Waals surface area contributed by atoms with Gasteiger partial charge in [0.2, 0.25) is 0 Å². The number of hydrogen-bond acceptors (Lipinski definition) is 3. The van der Waals surface area contributed by atoms with Crippen molar-refractivity contribution in [3.63, 3.8) is 0 Å². The van der Waals surface area contributed by atoms with Crippen molar-refractivity contribution in [3.05, 3.63) is 18.0 Å². The van der Waals surface area contributed by atoms with Gasteiger partial charge in [-0.2, -0.15) is 10.4 Å². The van der Waals surface area contributed by atoms with Crippen molar-refractivity contribution >= 4 is 0 Å². The normalized spacial score (nSPS) is 16.2. The van der Waals surface area contributed by atoms with Gasteiger partial charge in [-0.3, -0.25) is 10.00 Å². The minimum Gasteiger partial charge on any atom is -0.300 e. The summed E-state index contributed by atoms with van der Waals surface area (Å²) in [6, 6.07) is 4.57. The second-order valence-corrected chi connectivity index (χ2v) is 4.86. The van der Waals surface area contributed by atoms with Gasteiger partial charge in [0, 0.05) is 12.6 Å². The van der Waals surface area contributed by atoms with Crippen LogP contribution in [-0.4, -0.2) is 21.9 Å². The maximum absolute atomic E-state index is 9.27. The molecular weight excluding hydrogens is 212 g/mol. The van der Waals surface area contributed by atoms with E-state index in [1.807, 2.05) is 30.8 Å². The molecule has 2 atom stereocenters. The second-order valence-electron chi connectivity index (χ2n) is 4.86. The Morgan fingerprint density at radius 1 is 1.65 bits per heavy atom. The molecule has 0 aliphatic heterocycles. The molecule has 94 valence electrons. The van der Waals surface area contributed by atoms with E-state index in [2.05, 4.69) is 30.3 Å². The molecule has 0 fully saturated rings. The van der Waals surface area contributed by atoms with Crippen LogP contribution in [0.1, 0.15) is 45.3 Å². The molecule has 0 radical (unpaired) electrons. The molecule has 0 saturated carbocycles. The topological polar surface area (TPSA) is 53.6 Å². The predicted molar refractivity (Wildman–Crippen MR) is 68.6 cm³/mol. The molecule has 0 amide bonds. The van der Waals surface area contributed by atoms with Gasteiger partial charge in [0.15, 0.2) is 0 Å². The zero-order valence-corrected chi connectivity index (χ0v) is 11.2. The van der Waals surface area contributed by atoms with Crippen LogP contribution < -0.4 is 5.32 Å². The summed E-state index contributed by atoms with van der Waals surface area (Å²) < 4.78 is 1.93. The van der Waals surface area contributed by atoms with Gasteiger partial charge >= 0.3 is 0 Å². The monoisotopic (exact) mass is 234 g/mol. The fraction of sp³-hybridized carbons (Fsp3) is 0.692. The zero-order chi connectivity index (χ0) is 12.9. The van der Waals surface area contributed by atoms with Crippen molar-refractivity contribution in [2.45, 2.75) is 52.1 Å². The van der Waals surface area contributed by atoms with Crippen molar-refractivity contribution in [2.24, 2.45) is 0 Å². The SMILES string of the molecule is CCCNC(C)(C#N)CC(C)n1ccc(C)n1. The highest BCUT2D eigenvalue weighted by atomic mass is 15.3. The van der Waals surface area contributed by atoms with Crippen LogP contribution in [0.25, 0.3) is 0 Å². The highest BCUT2D eigenvalue weighted by molar-refractivity contribution is 5.05. The second kappa shape index (κ2) is 5.83. The Hall–Kier alpha value is -1.34. The molecule has 0 saturated heterocycles. The summed E-state index contributed by atoms with van der Waals surface area (Å²) in [6.45, 7) is 8.99. The number of nitriles is 1. The average Bonchev–Trinajstić information content (AvgIpc) is 2.73. The molecule has 0 aliphatic rings. The zero-order valence-electron chi connectivity index (χ0n) is 11.2. The molecule has 1 rings (SSSR count). The maximum atomic E-state index is 9.27.